The summed E-state index contributed by atoms with van der Waals surface area (Å²) in [5.74, 6) is 1.14. The van der Waals surface area contributed by atoms with Crippen LogP contribution in [-0.4, -0.2) is 60.6 Å². The summed E-state index contributed by atoms with van der Waals surface area (Å²) in [6.45, 7) is 2.10. The summed E-state index contributed by atoms with van der Waals surface area (Å²) in [5.41, 5.74) is 0.760. The van der Waals surface area contributed by atoms with Gasteiger partial charge in [0.05, 0.1) is 0 Å². The van der Waals surface area contributed by atoms with E-state index >= 15 is 0 Å². The Morgan fingerprint density at radius 3 is 2.29 bits per heavy atom. The molecular weight excluding hydrogens is 473 g/mol. The molecular formula is C20H20IN3O4. The van der Waals surface area contributed by atoms with Gasteiger partial charge >= 0.3 is 6.03 Å². The molecule has 2 aliphatic rings. The van der Waals surface area contributed by atoms with E-state index in [2.05, 4.69) is 27.9 Å². The molecule has 2 heterocycles. The maximum Gasteiger partial charge on any atom is 0.321 e. The van der Waals surface area contributed by atoms with Crippen molar-refractivity contribution in [2.45, 2.75) is 6.10 Å². The van der Waals surface area contributed by atoms with E-state index in [9.17, 15) is 9.59 Å². The first-order valence-electron chi connectivity index (χ1n) is 9.09. The maximum absolute atomic E-state index is 12.8. The Labute approximate surface area is 176 Å². The van der Waals surface area contributed by atoms with Crippen LogP contribution in [0.25, 0.3) is 0 Å². The molecule has 8 heteroatoms. The molecule has 1 saturated heterocycles. The van der Waals surface area contributed by atoms with Gasteiger partial charge in [0.2, 0.25) is 6.10 Å². The van der Waals surface area contributed by atoms with Crippen LogP contribution < -0.4 is 14.8 Å². The normalized spacial score (nSPS) is 18.5. The lowest BCUT2D eigenvalue weighted by atomic mass is 10.2. The zero-order valence-corrected chi connectivity index (χ0v) is 17.3. The van der Waals surface area contributed by atoms with E-state index < -0.39 is 6.10 Å². The molecule has 146 valence electrons. The predicted octanol–water partition coefficient (Wildman–Crippen LogP) is 2.81. The Kier molecular flexibility index (Phi) is 5.56. The van der Waals surface area contributed by atoms with Crippen LogP contribution in [0.5, 0.6) is 11.5 Å². The molecule has 0 aromatic heterocycles. The number of hydrogen-bond donors (Lipinski definition) is 1. The molecule has 2 aromatic rings. The summed E-state index contributed by atoms with van der Waals surface area (Å²) >= 11 is 2.22. The topological polar surface area (TPSA) is 71.1 Å². The number of para-hydroxylation sites is 2. The minimum absolute atomic E-state index is 0.104. The number of carbonyl (C=O) groups excluding carboxylic acids is 2. The summed E-state index contributed by atoms with van der Waals surface area (Å²) in [7, 11) is 0. The fourth-order valence-corrected chi connectivity index (χ4v) is 3.57. The third-order valence-corrected chi connectivity index (χ3v) is 5.48. The van der Waals surface area contributed by atoms with Gasteiger partial charge in [0.1, 0.15) is 6.61 Å². The summed E-state index contributed by atoms with van der Waals surface area (Å²) in [4.78, 5) is 28.6. The van der Waals surface area contributed by atoms with Crippen LogP contribution in [0.1, 0.15) is 0 Å². The monoisotopic (exact) mass is 493 g/mol. The Hall–Kier alpha value is -2.49. The molecule has 0 saturated carbocycles. The van der Waals surface area contributed by atoms with E-state index in [1.54, 1.807) is 15.9 Å². The Morgan fingerprint density at radius 1 is 0.929 bits per heavy atom. The summed E-state index contributed by atoms with van der Waals surface area (Å²) in [5, 5.41) is 2.89. The van der Waals surface area contributed by atoms with Gasteiger partial charge in [-0.1, -0.05) is 12.1 Å². The molecule has 0 aliphatic carbocycles. The first kappa shape index (κ1) is 18.9. The fraction of sp³-hybridized carbons (Fsp3) is 0.300. The van der Waals surface area contributed by atoms with E-state index in [-0.39, 0.29) is 18.5 Å². The number of piperazine rings is 1. The van der Waals surface area contributed by atoms with Crippen LogP contribution >= 0.6 is 22.6 Å². The molecule has 0 radical (unpaired) electrons. The summed E-state index contributed by atoms with van der Waals surface area (Å²) in [6, 6.07) is 14.8. The molecule has 1 N–H and O–H groups in total. The lowest BCUT2D eigenvalue weighted by molar-refractivity contribution is -0.142. The molecule has 0 bridgehead atoms. The van der Waals surface area contributed by atoms with Gasteiger partial charge in [-0.25, -0.2) is 4.79 Å². The van der Waals surface area contributed by atoms with Gasteiger partial charge < -0.3 is 24.6 Å². The van der Waals surface area contributed by atoms with Gasteiger partial charge in [-0.15, -0.1) is 0 Å². The third-order valence-electron chi connectivity index (χ3n) is 4.76. The van der Waals surface area contributed by atoms with Crippen LogP contribution in [-0.2, 0) is 4.79 Å². The lowest BCUT2D eigenvalue weighted by Crippen LogP contribution is -2.55. The Balaban J connectivity index is 1.29. The molecule has 1 atom stereocenters. The number of nitrogens with one attached hydrogen (secondary N) is 1. The number of fused-ring (bicyclic) bond motifs is 1. The number of urea groups is 1. The highest BCUT2D eigenvalue weighted by Crippen LogP contribution is 2.31. The van der Waals surface area contributed by atoms with Crippen molar-refractivity contribution in [3.63, 3.8) is 0 Å². The van der Waals surface area contributed by atoms with Crippen molar-refractivity contribution in [1.82, 2.24) is 9.80 Å². The molecule has 7 nitrogen and oxygen atoms in total. The highest BCUT2D eigenvalue weighted by molar-refractivity contribution is 14.1. The highest BCUT2D eigenvalue weighted by Gasteiger charge is 2.33. The minimum Gasteiger partial charge on any atom is -0.485 e. The largest absolute Gasteiger partial charge is 0.485 e. The summed E-state index contributed by atoms with van der Waals surface area (Å²) < 4.78 is 12.5. The van der Waals surface area contributed by atoms with Crippen LogP contribution in [0.2, 0.25) is 0 Å². The van der Waals surface area contributed by atoms with Crippen LogP contribution in [0.15, 0.2) is 48.5 Å². The van der Waals surface area contributed by atoms with Crippen molar-refractivity contribution in [3.8, 4) is 11.5 Å². The van der Waals surface area contributed by atoms with Crippen molar-refractivity contribution >= 4 is 40.2 Å². The number of carbonyl (C=O) groups is 2. The van der Waals surface area contributed by atoms with E-state index in [4.69, 9.17) is 9.47 Å². The van der Waals surface area contributed by atoms with Crippen molar-refractivity contribution in [2.24, 2.45) is 0 Å². The van der Waals surface area contributed by atoms with Gasteiger partial charge in [0.25, 0.3) is 5.91 Å². The fourth-order valence-electron chi connectivity index (χ4n) is 3.21. The third kappa shape index (κ3) is 4.16. The van der Waals surface area contributed by atoms with Crippen LogP contribution in [0.4, 0.5) is 10.5 Å². The average Bonchev–Trinajstić information content (AvgIpc) is 2.74. The predicted molar refractivity (Wildman–Crippen MR) is 113 cm³/mol. The smallest absolute Gasteiger partial charge is 0.321 e. The molecule has 1 fully saturated rings. The number of amides is 3. The van der Waals surface area contributed by atoms with E-state index in [0.29, 0.717) is 37.7 Å². The SMILES string of the molecule is O=C(Nc1ccc(I)cc1)N1CCN(C(=O)C2COc3ccccc3O2)CC1. The van der Waals surface area contributed by atoms with Gasteiger partial charge in [0, 0.05) is 35.4 Å². The quantitative estimate of drug-likeness (QED) is 0.654. The minimum atomic E-state index is -0.651. The number of rotatable bonds is 2. The number of ether oxygens (including phenoxy) is 2. The Bertz CT molecular complexity index is 866. The van der Waals surface area contributed by atoms with Gasteiger partial charge in [-0.05, 0) is 59.0 Å². The second-order valence-electron chi connectivity index (χ2n) is 6.61. The van der Waals surface area contributed by atoms with E-state index in [1.165, 1.54) is 0 Å². The van der Waals surface area contributed by atoms with E-state index in [1.807, 2.05) is 42.5 Å². The van der Waals surface area contributed by atoms with Crippen molar-refractivity contribution in [2.75, 3.05) is 38.1 Å². The number of benzene rings is 2. The van der Waals surface area contributed by atoms with Crippen molar-refractivity contribution < 1.29 is 19.1 Å². The molecule has 3 amide bonds. The van der Waals surface area contributed by atoms with Crippen molar-refractivity contribution in [3.05, 3.63) is 52.1 Å². The first-order valence-corrected chi connectivity index (χ1v) is 10.2. The number of nitrogens with zero attached hydrogens (tertiary/aromatic N) is 2. The van der Waals surface area contributed by atoms with Crippen LogP contribution in [0, 0.1) is 3.57 Å². The Morgan fingerprint density at radius 2 is 1.57 bits per heavy atom. The molecule has 28 heavy (non-hydrogen) atoms. The van der Waals surface area contributed by atoms with Gasteiger partial charge in [-0.2, -0.15) is 0 Å². The van der Waals surface area contributed by atoms with Crippen LogP contribution in [0.3, 0.4) is 0 Å². The zero-order chi connectivity index (χ0) is 19.5. The maximum atomic E-state index is 12.8. The average molecular weight is 493 g/mol. The van der Waals surface area contributed by atoms with Gasteiger partial charge in [0.15, 0.2) is 11.5 Å². The van der Waals surface area contributed by atoms with Crippen molar-refractivity contribution in [1.29, 1.82) is 0 Å². The second-order valence-corrected chi connectivity index (χ2v) is 7.86. The summed E-state index contributed by atoms with van der Waals surface area (Å²) in [6.07, 6.45) is -0.651. The molecule has 2 aromatic carbocycles. The number of hydrogen-bond acceptors (Lipinski definition) is 4. The highest BCUT2D eigenvalue weighted by atomic mass is 127. The number of halogens is 1. The molecule has 0 spiro atoms. The lowest BCUT2D eigenvalue weighted by Gasteiger charge is -2.37. The first-order chi connectivity index (χ1) is 13.6. The molecule has 2 aliphatic heterocycles. The van der Waals surface area contributed by atoms with Gasteiger partial charge in [-0.3, -0.25) is 4.79 Å². The second kappa shape index (κ2) is 8.26. The zero-order valence-electron chi connectivity index (χ0n) is 15.1. The van der Waals surface area contributed by atoms with E-state index in [0.717, 1.165) is 9.26 Å². The number of anilines is 1. The molecule has 1 unspecified atom stereocenters. The molecule has 4 rings (SSSR count). The standard InChI is InChI=1S/C20H20IN3O4/c21-14-5-7-15(8-6-14)22-20(26)24-11-9-23(10-12-24)19(25)18-13-27-16-3-1-2-4-17(16)28-18/h1-8,18H,9-13H2,(H,22,26).